The van der Waals surface area contributed by atoms with Gasteiger partial charge in [0.2, 0.25) is 11.8 Å². The quantitative estimate of drug-likeness (QED) is 0.370. The predicted molar refractivity (Wildman–Crippen MR) is 160 cm³/mol. The lowest BCUT2D eigenvalue weighted by Crippen LogP contribution is -2.56. The lowest BCUT2D eigenvalue weighted by atomic mass is 9.75. The highest BCUT2D eigenvalue weighted by Gasteiger charge is 2.55. The minimum absolute atomic E-state index is 0.0723. The number of aromatic nitrogens is 2. The van der Waals surface area contributed by atoms with Crippen molar-refractivity contribution in [3.05, 3.63) is 60.2 Å². The molecule has 2 fully saturated rings. The van der Waals surface area contributed by atoms with E-state index in [0.717, 1.165) is 38.5 Å². The molecule has 1 aromatic heterocycles. The molecule has 3 amide bonds. The second-order valence-corrected chi connectivity index (χ2v) is 12.0. The molecule has 0 bridgehead atoms. The van der Waals surface area contributed by atoms with Crippen LogP contribution in [0.1, 0.15) is 88.7 Å². The molecule has 11 heteroatoms. The Kier molecular flexibility index (Phi) is 10.7. The molecule has 2 aliphatic rings. The summed E-state index contributed by atoms with van der Waals surface area (Å²) in [7, 11) is -0.682. The van der Waals surface area contributed by atoms with Crippen LogP contribution in [0.3, 0.4) is 0 Å². The van der Waals surface area contributed by atoms with Crippen LogP contribution in [0.2, 0.25) is 0 Å². The molecule has 10 nitrogen and oxygen atoms in total. The van der Waals surface area contributed by atoms with Gasteiger partial charge in [-0.25, -0.2) is 4.98 Å². The van der Waals surface area contributed by atoms with Gasteiger partial charge in [0.25, 0.3) is 5.91 Å². The summed E-state index contributed by atoms with van der Waals surface area (Å²) >= 11 is 0. The van der Waals surface area contributed by atoms with E-state index in [1.54, 1.807) is 4.90 Å². The van der Waals surface area contributed by atoms with E-state index >= 15 is 0 Å². The summed E-state index contributed by atoms with van der Waals surface area (Å²) in [5, 5.41) is 5.84. The first-order valence-corrected chi connectivity index (χ1v) is 15.2. The average Bonchev–Trinajstić information content (AvgIpc) is 3.25. The van der Waals surface area contributed by atoms with Crippen molar-refractivity contribution < 1.29 is 23.7 Å². The molecule has 42 heavy (non-hydrogen) atoms. The Morgan fingerprint density at radius 3 is 2.40 bits per heavy atom. The van der Waals surface area contributed by atoms with E-state index in [9.17, 15) is 14.4 Å². The van der Waals surface area contributed by atoms with Gasteiger partial charge in [0.1, 0.15) is 11.7 Å². The van der Waals surface area contributed by atoms with Gasteiger partial charge in [-0.1, -0.05) is 37.3 Å². The SMILES string of the molecule is CCC1(C)OB([C@H](CCCc2ccccc2)NC(=O)[C@@H](CC(=O)N2CCCCC2)NC(=O)c2cnccn2)OC1(C)C. The van der Waals surface area contributed by atoms with Crippen molar-refractivity contribution in [1.29, 1.82) is 0 Å². The van der Waals surface area contributed by atoms with Gasteiger partial charge in [-0.2, -0.15) is 0 Å². The van der Waals surface area contributed by atoms with Crippen LogP contribution in [0, 0.1) is 0 Å². The maximum absolute atomic E-state index is 13.9. The number of hydrogen-bond acceptors (Lipinski definition) is 7. The fraction of sp³-hybridized carbons (Fsp3) is 0.581. The summed E-state index contributed by atoms with van der Waals surface area (Å²) in [6.45, 7) is 9.39. The third kappa shape index (κ3) is 7.95. The molecular weight excluding hydrogens is 533 g/mol. The summed E-state index contributed by atoms with van der Waals surface area (Å²) < 4.78 is 12.9. The monoisotopic (exact) mass is 577 g/mol. The number of benzene rings is 1. The lowest BCUT2D eigenvalue weighted by Gasteiger charge is -2.35. The minimum atomic E-state index is -1.10. The summed E-state index contributed by atoms with van der Waals surface area (Å²) in [6.07, 6.45) is 9.93. The predicted octanol–water partition coefficient (Wildman–Crippen LogP) is 3.51. The number of amides is 3. The summed E-state index contributed by atoms with van der Waals surface area (Å²) in [6, 6.07) is 9.07. The number of nitrogens with one attached hydrogen (secondary N) is 2. The molecule has 1 unspecified atom stereocenters. The molecule has 0 radical (unpaired) electrons. The molecule has 0 spiro atoms. The van der Waals surface area contributed by atoms with Crippen LogP contribution in [0.5, 0.6) is 0 Å². The second kappa shape index (κ2) is 14.2. The van der Waals surface area contributed by atoms with Gasteiger partial charge in [0.15, 0.2) is 0 Å². The molecule has 3 atom stereocenters. The number of likely N-dealkylation sites (tertiary alicyclic amines) is 1. The normalized spacial score (nSPS) is 21.4. The minimum Gasteiger partial charge on any atom is -0.402 e. The Balaban J connectivity index is 1.52. The van der Waals surface area contributed by atoms with Crippen LogP contribution in [0.4, 0.5) is 0 Å². The van der Waals surface area contributed by atoms with Crippen molar-refractivity contribution in [3.63, 3.8) is 0 Å². The average molecular weight is 578 g/mol. The largest absolute Gasteiger partial charge is 0.481 e. The van der Waals surface area contributed by atoms with Crippen molar-refractivity contribution in [2.45, 2.75) is 102 Å². The zero-order valence-corrected chi connectivity index (χ0v) is 25.3. The Morgan fingerprint density at radius 1 is 1.02 bits per heavy atom. The van der Waals surface area contributed by atoms with E-state index in [4.69, 9.17) is 9.31 Å². The number of carbonyl (C=O) groups excluding carboxylic acids is 3. The van der Waals surface area contributed by atoms with Gasteiger partial charge >= 0.3 is 7.12 Å². The fourth-order valence-corrected chi connectivity index (χ4v) is 5.55. The summed E-state index contributed by atoms with van der Waals surface area (Å²) in [5.74, 6) is -1.68. The molecule has 2 aromatic rings. The Bertz CT molecular complexity index is 1190. The molecule has 0 aliphatic carbocycles. The van der Waals surface area contributed by atoms with Crippen molar-refractivity contribution >= 4 is 24.8 Å². The Hall–Kier alpha value is -3.31. The summed E-state index contributed by atoms with van der Waals surface area (Å²) in [5.41, 5.74) is 0.168. The van der Waals surface area contributed by atoms with E-state index in [2.05, 4.69) is 39.7 Å². The van der Waals surface area contributed by atoms with Crippen molar-refractivity contribution in [2.24, 2.45) is 0 Å². The van der Waals surface area contributed by atoms with E-state index in [0.29, 0.717) is 19.5 Å². The maximum atomic E-state index is 13.9. The van der Waals surface area contributed by atoms with E-state index in [-0.39, 0.29) is 18.0 Å². The van der Waals surface area contributed by atoms with Gasteiger partial charge in [0, 0.05) is 25.5 Å². The summed E-state index contributed by atoms with van der Waals surface area (Å²) in [4.78, 5) is 49.9. The zero-order chi connectivity index (χ0) is 30.2. The van der Waals surface area contributed by atoms with Crippen LogP contribution >= 0.6 is 0 Å². The number of carbonyl (C=O) groups is 3. The van der Waals surface area contributed by atoms with Gasteiger partial charge < -0.3 is 24.8 Å². The van der Waals surface area contributed by atoms with Crippen molar-refractivity contribution in [1.82, 2.24) is 25.5 Å². The number of piperidine rings is 1. The third-order valence-electron chi connectivity index (χ3n) is 8.72. The molecule has 1 aromatic carbocycles. The molecular formula is C31H44BN5O5. The number of hydrogen-bond donors (Lipinski definition) is 2. The highest BCUT2D eigenvalue weighted by Crippen LogP contribution is 2.40. The van der Waals surface area contributed by atoms with Gasteiger partial charge in [-0.05, 0) is 71.3 Å². The maximum Gasteiger partial charge on any atom is 0.481 e. The van der Waals surface area contributed by atoms with E-state index in [1.165, 1.54) is 24.2 Å². The van der Waals surface area contributed by atoms with Gasteiger partial charge in [0.05, 0.1) is 29.8 Å². The molecule has 0 saturated carbocycles. The molecule has 226 valence electrons. The number of aryl methyl sites for hydroxylation is 1. The second-order valence-electron chi connectivity index (χ2n) is 12.0. The number of rotatable bonds is 12. The smallest absolute Gasteiger partial charge is 0.402 e. The van der Waals surface area contributed by atoms with Crippen LogP contribution in [-0.4, -0.2) is 76.0 Å². The lowest BCUT2D eigenvalue weighted by molar-refractivity contribution is -0.135. The molecule has 3 heterocycles. The van der Waals surface area contributed by atoms with Crippen LogP contribution in [-0.2, 0) is 25.3 Å². The first-order chi connectivity index (χ1) is 20.1. The molecule has 4 rings (SSSR count). The van der Waals surface area contributed by atoms with E-state index in [1.807, 2.05) is 39.0 Å². The molecule has 2 saturated heterocycles. The molecule has 2 aliphatic heterocycles. The standard InChI is InChI=1S/C31H44BN5O5/c1-5-31(4)30(2,3)41-32(42-31)26(16-12-15-23-13-8-6-9-14-23)36-28(39)24(21-27(38)37-19-10-7-11-20-37)35-29(40)25-22-33-17-18-34-25/h6,8-9,13-14,17-18,22,24,26H,5,7,10-12,15-16,19-21H2,1-4H3,(H,35,40)(H,36,39)/t24-,26+,31?/m1/s1. The first-order valence-electron chi connectivity index (χ1n) is 15.2. The topological polar surface area (TPSA) is 123 Å². The fourth-order valence-electron chi connectivity index (χ4n) is 5.55. The Morgan fingerprint density at radius 2 is 1.76 bits per heavy atom. The molecule has 2 N–H and O–H groups in total. The highest BCUT2D eigenvalue weighted by molar-refractivity contribution is 6.48. The van der Waals surface area contributed by atoms with Gasteiger partial charge in [-0.3, -0.25) is 19.4 Å². The number of nitrogens with zero attached hydrogens (tertiary/aromatic N) is 3. The Labute approximate surface area is 249 Å². The van der Waals surface area contributed by atoms with Crippen LogP contribution in [0.15, 0.2) is 48.9 Å². The van der Waals surface area contributed by atoms with Crippen LogP contribution in [0.25, 0.3) is 0 Å². The zero-order valence-electron chi connectivity index (χ0n) is 25.3. The van der Waals surface area contributed by atoms with Crippen molar-refractivity contribution in [3.8, 4) is 0 Å². The van der Waals surface area contributed by atoms with Gasteiger partial charge in [-0.15, -0.1) is 0 Å². The van der Waals surface area contributed by atoms with Crippen molar-refractivity contribution in [2.75, 3.05) is 13.1 Å². The van der Waals surface area contributed by atoms with Crippen LogP contribution < -0.4 is 10.6 Å². The first kappa shape index (κ1) is 31.6. The van der Waals surface area contributed by atoms with E-state index < -0.39 is 42.1 Å². The third-order valence-corrected chi connectivity index (χ3v) is 8.72. The highest BCUT2D eigenvalue weighted by atomic mass is 16.7.